The van der Waals surface area contributed by atoms with Crippen LogP contribution in [0.25, 0.3) is 21.8 Å². The van der Waals surface area contributed by atoms with Crippen LogP contribution >= 0.6 is 11.6 Å². The van der Waals surface area contributed by atoms with Gasteiger partial charge in [-0.1, -0.05) is 11.6 Å². The van der Waals surface area contributed by atoms with E-state index in [1.807, 2.05) is 0 Å². The monoisotopic (exact) mass is 470 g/mol. The summed E-state index contributed by atoms with van der Waals surface area (Å²) in [5.41, 5.74) is 1.18. The zero-order valence-corrected chi connectivity index (χ0v) is 19.0. The number of pyridine rings is 1. The maximum Gasteiger partial charge on any atom is 0.221 e. The first-order chi connectivity index (χ1) is 15.2. The number of ether oxygens (including phenoxy) is 2. The summed E-state index contributed by atoms with van der Waals surface area (Å²) in [6, 6.07) is 14.2. The van der Waals surface area contributed by atoms with Crippen LogP contribution in [0.3, 0.4) is 0 Å². The van der Waals surface area contributed by atoms with Gasteiger partial charge in [0.05, 0.1) is 40.7 Å². The quantitative estimate of drug-likeness (QED) is 0.419. The first-order valence-corrected chi connectivity index (χ1v) is 11.4. The molecule has 164 valence electrons. The summed E-state index contributed by atoms with van der Waals surface area (Å²) in [4.78, 5) is 16.3. The molecule has 0 spiro atoms. The third-order valence-corrected chi connectivity index (χ3v) is 7.04. The van der Waals surface area contributed by atoms with Crippen LogP contribution in [-0.4, -0.2) is 33.5 Å². The van der Waals surface area contributed by atoms with Gasteiger partial charge in [0.1, 0.15) is 11.5 Å². The van der Waals surface area contributed by atoms with Gasteiger partial charge in [-0.3, -0.25) is 4.79 Å². The van der Waals surface area contributed by atoms with Crippen molar-refractivity contribution in [2.45, 2.75) is 16.7 Å². The number of nitrogens with one attached hydrogen (secondary N) is 1. The SMILES string of the molecule is COc1ccc2nc3cc(Cl)ccc3c(S(=O)(=O)c3ccc(OC)c(NC(C)=O)c3)c2c1. The van der Waals surface area contributed by atoms with Gasteiger partial charge in [-0.05, 0) is 54.6 Å². The first-order valence-electron chi connectivity index (χ1n) is 9.52. The number of hydrogen-bond acceptors (Lipinski definition) is 6. The largest absolute Gasteiger partial charge is 0.497 e. The number of carbonyl (C=O) groups is 1. The average Bonchev–Trinajstić information content (AvgIpc) is 2.76. The molecule has 4 rings (SSSR count). The molecule has 0 unspecified atom stereocenters. The predicted octanol–water partition coefficient (Wildman–Crippen LogP) is 4.85. The Morgan fingerprint density at radius 2 is 1.72 bits per heavy atom. The van der Waals surface area contributed by atoms with Crippen molar-refractivity contribution in [3.8, 4) is 11.5 Å². The Hall–Kier alpha value is -3.36. The molecule has 0 saturated heterocycles. The highest BCUT2D eigenvalue weighted by molar-refractivity contribution is 7.92. The number of fused-ring (bicyclic) bond motifs is 2. The van der Waals surface area contributed by atoms with Crippen LogP contribution in [0.15, 0.2) is 64.4 Å². The molecule has 1 N–H and O–H groups in total. The van der Waals surface area contributed by atoms with E-state index in [0.717, 1.165) is 0 Å². The van der Waals surface area contributed by atoms with Crippen LogP contribution in [0.1, 0.15) is 6.92 Å². The number of sulfone groups is 1. The molecule has 0 saturated carbocycles. The van der Waals surface area contributed by atoms with Crippen molar-refractivity contribution in [3.05, 3.63) is 59.6 Å². The molecule has 0 fully saturated rings. The van der Waals surface area contributed by atoms with Gasteiger partial charge in [0.15, 0.2) is 0 Å². The zero-order valence-electron chi connectivity index (χ0n) is 17.5. The molecule has 1 aromatic heterocycles. The van der Waals surface area contributed by atoms with E-state index in [-0.39, 0.29) is 21.4 Å². The number of benzene rings is 3. The molecule has 7 nitrogen and oxygen atoms in total. The molecule has 4 aromatic rings. The Labute approximate surface area is 189 Å². The van der Waals surface area contributed by atoms with E-state index in [1.54, 1.807) is 36.4 Å². The van der Waals surface area contributed by atoms with Crippen LogP contribution in [0, 0.1) is 0 Å². The van der Waals surface area contributed by atoms with Crippen molar-refractivity contribution in [3.63, 3.8) is 0 Å². The standard InChI is InChI=1S/C23H19ClN2O5S/c1-13(27)25-21-12-16(6-9-22(21)31-3)32(28,29)23-17-7-4-14(24)10-20(17)26-19-8-5-15(30-2)11-18(19)23/h4-12H,1-3H3,(H,25,27). The predicted molar refractivity (Wildman–Crippen MR) is 124 cm³/mol. The van der Waals surface area contributed by atoms with Crippen LogP contribution in [0.4, 0.5) is 5.69 Å². The Morgan fingerprint density at radius 3 is 2.41 bits per heavy atom. The molecule has 0 aliphatic rings. The highest BCUT2D eigenvalue weighted by Crippen LogP contribution is 2.38. The number of methoxy groups -OCH3 is 2. The zero-order chi connectivity index (χ0) is 23.0. The number of nitrogens with zero attached hydrogens (tertiary/aromatic N) is 1. The van der Waals surface area contributed by atoms with Crippen LogP contribution in [-0.2, 0) is 14.6 Å². The maximum absolute atomic E-state index is 13.9. The number of carbonyl (C=O) groups excluding carboxylic acids is 1. The number of rotatable bonds is 5. The van der Waals surface area contributed by atoms with Crippen LogP contribution in [0.2, 0.25) is 5.02 Å². The lowest BCUT2D eigenvalue weighted by molar-refractivity contribution is -0.114. The second-order valence-electron chi connectivity index (χ2n) is 7.03. The van der Waals surface area contributed by atoms with Gasteiger partial charge in [0, 0.05) is 22.7 Å². The van der Waals surface area contributed by atoms with Gasteiger partial charge in [-0.2, -0.15) is 0 Å². The normalized spacial score (nSPS) is 11.5. The Bertz CT molecular complexity index is 1490. The van der Waals surface area contributed by atoms with Crippen molar-refractivity contribution >= 4 is 54.8 Å². The minimum Gasteiger partial charge on any atom is -0.497 e. The van der Waals surface area contributed by atoms with E-state index < -0.39 is 9.84 Å². The first kappa shape index (κ1) is 21.9. The van der Waals surface area contributed by atoms with E-state index in [4.69, 9.17) is 21.1 Å². The molecule has 9 heteroatoms. The fourth-order valence-corrected chi connectivity index (χ4v) is 5.37. The van der Waals surface area contributed by atoms with Gasteiger partial charge in [-0.25, -0.2) is 13.4 Å². The molecule has 32 heavy (non-hydrogen) atoms. The van der Waals surface area contributed by atoms with Gasteiger partial charge in [0.25, 0.3) is 0 Å². The Kier molecular flexibility index (Phi) is 5.66. The van der Waals surface area contributed by atoms with Gasteiger partial charge >= 0.3 is 0 Å². The third-order valence-electron chi connectivity index (χ3n) is 4.95. The molecule has 1 amide bonds. The van der Waals surface area contributed by atoms with Crippen molar-refractivity contribution < 1.29 is 22.7 Å². The Morgan fingerprint density at radius 1 is 0.938 bits per heavy atom. The molecule has 0 aliphatic heterocycles. The fraction of sp³-hybridized carbons (Fsp3) is 0.130. The third kappa shape index (κ3) is 3.83. The van der Waals surface area contributed by atoms with Crippen molar-refractivity contribution in [1.82, 2.24) is 4.98 Å². The molecule has 3 aromatic carbocycles. The summed E-state index contributed by atoms with van der Waals surface area (Å²) in [6.07, 6.45) is 0. The lowest BCUT2D eigenvalue weighted by Gasteiger charge is -2.15. The number of halogens is 1. The topological polar surface area (TPSA) is 94.6 Å². The van der Waals surface area contributed by atoms with E-state index in [9.17, 15) is 13.2 Å². The number of aromatic nitrogens is 1. The lowest BCUT2D eigenvalue weighted by Crippen LogP contribution is -2.10. The summed E-state index contributed by atoms with van der Waals surface area (Å²) < 4.78 is 38.4. The Balaban J connectivity index is 2.07. The maximum atomic E-state index is 13.9. The highest BCUT2D eigenvalue weighted by Gasteiger charge is 2.26. The lowest BCUT2D eigenvalue weighted by atomic mass is 10.1. The average molecular weight is 471 g/mol. The second-order valence-corrected chi connectivity index (χ2v) is 9.36. The van der Waals surface area contributed by atoms with Crippen molar-refractivity contribution in [2.24, 2.45) is 0 Å². The molecular formula is C23H19ClN2O5S. The number of anilines is 1. The van der Waals surface area contributed by atoms with Gasteiger partial charge in [-0.15, -0.1) is 0 Å². The van der Waals surface area contributed by atoms with Gasteiger partial charge in [0.2, 0.25) is 15.7 Å². The minimum absolute atomic E-state index is 0.00591. The summed E-state index contributed by atoms with van der Waals surface area (Å²) in [5.74, 6) is 0.492. The smallest absolute Gasteiger partial charge is 0.221 e. The summed E-state index contributed by atoms with van der Waals surface area (Å²) in [7, 11) is -1.11. The molecule has 0 radical (unpaired) electrons. The fourth-order valence-electron chi connectivity index (χ4n) is 3.53. The molecule has 0 atom stereocenters. The summed E-state index contributed by atoms with van der Waals surface area (Å²) in [6.45, 7) is 1.33. The van der Waals surface area contributed by atoms with Crippen molar-refractivity contribution in [2.75, 3.05) is 19.5 Å². The molecule has 0 aliphatic carbocycles. The van der Waals surface area contributed by atoms with E-state index in [0.29, 0.717) is 38.3 Å². The highest BCUT2D eigenvalue weighted by atomic mass is 35.5. The summed E-state index contributed by atoms with van der Waals surface area (Å²) in [5, 5.41) is 3.89. The van der Waals surface area contributed by atoms with E-state index >= 15 is 0 Å². The van der Waals surface area contributed by atoms with E-state index in [2.05, 4.69) is 10.3 Å². The van der Waals surface area contributed by atoms with Crippen LogP contribution < -0.4 is 14.8 Å². The molecule has 1 heterocycles. The van der Waals surface area contributed by atoms with E-state index in [1.165, 1.54) is 39.3 Å². The number of amides is 1. The van der Waals surface area contributed by atoms with Gasteiger partial charge < -0.3 is 14.8 Å². The second kappa shape index (κ2) is 8.29. The van der Waals surface area contributed by atoms with Crippen molar-refractivity contribution in [1.29, 1.82) is 0 Å². The molecule has 0 bridgehead atoms. The number of hydrogen-bond donors (Lipinski definition) is 1. The van der Waals surface area contributed by atoms with Crippen LogP contribution in [0.5, 0.6) is 11.5 Å². The minimum atomic E-state index is -4.06. The molecular weight excluding hydrogens is 452 g/mol. The summed E-state index contributed by atoms with van der Waals surface area (Å²) >= 11 is 6.14.